The van der Waals surface area contributed by atoms with Crippen LogP contribution >= 0.6 is 0 Å². The van der Waals surface area contributed by atoms with Gasteiger partial charge >= 0.3 is 0 Å². The summed E-state index contributed by atoms with van der Waals surface area (Å²) in [7, 11) is 0. The van der Waals surface area contributed by atoms with E-state index in [-0.39, 0.29) is 0 Å². The van der Waals surface area contributed by atoms with E-state index < -0.39 is 0 Å². The molecule has 0 aliphatic heterocycles. The molecule has 0 radical (unpaired) electrons. The number of aromatic amines is 1. The Bertz CT molecular complexity index is 247. The van der Waals surface area contributed by atoms with Crippen LogP contribution in [0.25, 0.3) is 0 Å². The lowest BCUT2D eigenvalue weighted by Crippen LogP contribution is -2.15. The standard InChI is InChI=1S/C12H25N5/c1-2-3-4-5-6-7-8-9-10-13-11-12-14-16-17-15-12/h13H,2-11H2,1H3,(H,14,15,16,17). The molecule has 0 saturated carbocycles. The van der Waals surface area contributed by atoms with Crippen LogP contribution in [0, 0.1) is 0 Å². The largest absolute Gasteiger partial charge is 0.310 e. The quantitative estimate of drug-likeness (QED) is 0.582. The molecule has 1 aromatic rings. The molecule has 0 fully saturated rings. The molecule has 0 aliphatic rings. The minimum atomic E-state index is 0.715. The molecule has 1 rings (SSSR count). The Kier molecular flexibility index (Phi) is 8.46. The van der Waals surface area contributed by atoms with Crippen molar-refractivity contribution in [2.75, 3.05) is 6.54 Å². The summed E-state index contributed by atoms with van der Waals surface area (Å²) in [5.41, 5.74) is 0. The van der Waals surface area contributed by atoms with Gasteiger partial charge in [0, 0.05) is 0 Å². The first-order valence-electron chi connectivity index (χ1n) is 6.86. The van der Waals surface area contributed by atoms with Crippen molar-refractivity contribution in [1.82, 2.24) is 25.9 Å². The number of aromatic nitrogens is 4. The van der Waals surface area contributed by atoms with Gasteiger partial charge in [-0.25, -0.2) is 0 Å². The van der Waals surface area contributed by atoms with E-state index in [2.05, 4.69) is 32.9 Å². The maximum atomic E-state index is 3.88. The highest BCUT2D eigenvalue weighted by molar-refractivity contribution is 4.73. The van der Waals surface area contributed by atoms with E-state index in [0.717, 1.165) is 12.4 Å². The number of hydrogen-bond donors (Lipinski definition) is 2. The maximum Gasteiger partial charge on any atom is 0.188 e. The van der Waals surface area contributed by atoms with Crippen LogP contribution in [0.1, 0.15) is 64.1 Å². The molecule has 0 spiro atoms. The molecule has 0 atom stereocenters. The van der Waals surface area contributed by atoms with Gasteiger partial charge < -0.3 is 5.32 Å². The molecule has 1 aromatic heterocycles. The summed E-state index contributed by atoms with van der Waals surface area (Å²) >= 11 is 0. The topological polar surface area (TPSA) is 66.5 Å². The third-order valence-corrected chi connectivity index (χ3v) is 2.88. The number of H-pyrrole nitrogens is 1. The molecule has 0 aliphatic carbocycles. The predicted octanol–water partition coefficient (Wildman–Crippen LogP) is 2.43. The Balaban J connectivity index is 1.76. The summed E-state index contributed by atoms with van der Waals surface area (Å²) in [4.78, 5) is 0. The summed E-state index contributed by atoms with van der Waals surface area (Å²) in [5, 5.41) is 17.0. The fourth-order valence-electron chi connectivity index (χ4n) is 1.84. The van der Waals surface area contributed by atoms with Crippen LogP contribution in [0.15, 0.2) is 0 Å². The molecular formula is C12H25N5. The Morgan fingerprint density at radius 3 is 2.35 bits per heavy atom. The first-order chi connectivity index (χ1) is 8.43. The molecule has 5 nitrogen and oxygen atoms in total. The minimum absolute atomic E-state index is 0.715. The summed E-state index contributed by atoms with van der Waals surface area (Å²) in [6.07, 6.45) is 10.9. The van der Waals surface area contributed by atoms with Gasteiger partial charge in [0.2, 0.25) is 0 Å². The summed E-state index contributed by atoms with van der Waals surface area (Å²) in [5.74, 6) is 0.740. The van der Waals surface area contributed by atoms with Crippen molar-refractivity contribution in [2.24, 2.45) is 0 Å². The number of nitrogens with zero attached hydrogens (tertiary/aromatic N) is 3. The van der Waals surface area contributed by atoms with Crippen molar-refractivity contribution in [1.29, 1.82) is 0 Å². The number of nitrogens with one attached hydrogen (secondary N) is 2. The monoisotopic (exact) mass is 239 g/mol. The predicted molar refractivity (Wildman–Crippen MR) is 68.5 cm³/mol. The summed E-state index contributed by atoms with van der Waals surface area (Å²) in [6.45, 7) is 4.02. The van der Waals surface area contributed by atoms with Crippen LogP contribution in [0.2, 0.25) is 0 Å². The van der Waals surface area contributed by atoms with E-state index in [1.54, 1.807) is 0 Å². The fourth-order valence-corrected chi connectivity index (χ4v) is 1.84. The Morgan fingerprint density at radius 1 is 1.00 bits per heavy atom. The minimum Gasteiger partial charge on any atom is -0.310 e. The highest BCUT2D eigenvalue weighted by Gasteiger charge is 1.96. The first kappa shape index (κ1) is 14.1. The molecule has 0 saturated heterocycles. The molecule has 5 heteroatoms. The van der Waals surface area contributed by atoms with Crippen molar-refractivity contribution in [2.45, 2.75) is 64.8 Å². The van der Waals surface area contributed by atoms with E-state index in [4.69, 9.17) is 0 Å². The lowest BCUT2D eigenvalue weighted by molar-refractivity contribution is 0.551. The molecule has 98 valence electrons. The molecule has 0 unspecified atom stereocenters. The van der Waals surface area contributed by atoms with Crippen LogP contribution in [0.4, 0.5) is 0 Å². The van der Waals surface area contributed by atoms with Crippen molar-refractivity contribution >= 4 is 0 Å². The van der Waals surface area contributed by atoms with Crippen LogP contribution in [-0.2, 0) is 6.54 Å². The molecule has 1 heterocycles. The van der Waals surface area contributed by atoms with Gasteiger partial charge in [0.25, 0.3) is 0 Å². The SMILES string of the molecule is CCCCCCCCCCNCc1nn[nH]n1. The number of hydrogen-bond acceptors (Lipinski definition) is 4. The van der Waals surface area contributed by atoms with Gasteiger partial charge in [0.05, 0.1) is 6.54 Å². The Morgan fingerprint density at radius 2 is 1.71 bits per heavy atom. The van der Waals surface area contributed by atoms with Gasteiger partial charge in [-0.3, -0.25) is 0 Å². The van der Waals surface area contributed by atoms with E-state index in [1.165, 1.54) is 51.4 Å². The van der Waals surface area contributed by atoms with Gasteiger partial charge in [-0.15, -0.1) is 10.2 Å². The zero-order valence-electron chi connectivity index (χ0n) is 10.9. The molecule has 0 amide bonds. The second kappa shape index (κ2) is 10.2. The van der Waals surface area contributed by atoms with Crippen LogP contribution in [0.5, 0.6) is 0 Å². The Labute approximate surface area is 104 Å². The average molecular weight is 239 g/mol. The van der Waals surface area contributed by atoms with Gasteiger partial charge in [0.1, 0.15) is 0 Å². The summed E-state index contributed by atoms with van der Waals surface area (Å²) in [6, 6.07) is 0. The highest BCUT2D eigenvalue weighted by atomic mass is 15.5. The van der Waals surface area contributed by atoms with Gasteiger partial charge in [-0.1, -0.05) is 57.1 Å². The third kappa shape index (κ3) is 7.85. The number of unbranched alkanes of at least 4 members (excludes halogenated alkanes) is 7. The van der Waals surface area contributed by atoms with Crippen LogP contribution in [0.3, 0.4) is 0 Å². The molecule has 2 N–H and O–H groups in total. The number of tetrazole rings is 1. The lowest BCUT2D eigenvalue weighted by atomic mass is 10.1. The van der Waals surface area contributed by atoms with Crippen molar-refractivity contribution in [3.63, 3.8) is 0 Å². The van der Waals surface area contributed by atoms with Gasteiger partial charge in [-0.2, -0.15) is 5.21 Å². The second-order valence-electron chi connectivity index (χ2n) is 4.48. The van der Waals surface area contributed by atoms with Crippen molar-refractivity contribution < 1.29 is 0 Å². The van der Waals surface area contributed by atoms with E-state index >= 15 is 0 Å². The normalized spacial score (nSPS) is 10.9. The van der Waals surface area contributed by atoms with Gasteiger partial charge in [-0.05, 0) is 13.0 Å². The Hall–Kier alpha value is -0.970. The number of rotatable bonds is 11. The zero-order chi connectivity index (χ0) is 12.2. The molecule has 0 bridgehead atoms. The fraction of sp³-hybridized carbons (Fsp3) is 0.917. The van der Waals surface area contributed by atoms with Gasteiger partial charge in [0.15, 0.2) is 5.82 Å². The smallest absolute Gasteiger partial charge is 0.188 e. The van der Waals surface area contributed by atoms with Crippen LogP contribution < -0.4 is 5.32 Å². The second-order valence-corrected chi connectivity index (χ2v) is 4.48. The average Bonchev–Trinajstić information content (AvgIpc) is 2.85. The van der Waals surface area contributed by atoms with Crippen molar-refractivity contribution in [3.05, 3.63) is 5.82 Å². The zero-order valence-corrected chi connectivity index (χ0v) is 10.9. The van der Waals surface area contributed by atoms with Crippen molar-refractivity contribution in [3.8, 4) is 0 Å². The van der Waals surface area contributed by atoms with E-state index in [1.807, 2.05) is 0 Å². The molecule has 0 aromatic carbocycles. The third-order valence-electron chi connectivity index (χ3n) is 2.88. The van der Waals surface area contributed by atoms with E-state index in [9.17, 15) is 0 Å². The first-order valence-corrected chi connectivity index (χ1v) is 6.86. The lowest BCUT2D eigenvalue weighted by Gasteiger charge is -2.02. The molecule has 17 heavy (non-hydrogen) atoms. The highest BCUT2D eigenvalue weighted by Crippen LogP contribution is 2.07. The van der Waals surface area contributed by atoms with E-state index in [0.29, 0.717) is 6.54 Å². The van der Waals surface area contributed by atoms with Crippen LogP contribution in [-0.4, -0.2) is 27.2 Å². The summed E-state index contributed by atoms with van der Waals surface area (Å²) < 4.78 is 0. The maximum absolute atomic E-state index is 3.88. The molecular weight excluding hydrogens is 214 g/mol.